The van der Waals surface area contributed by atoms with Crippen LogP contribution in [0.3, 0.4) is 0 Å². The number of benzene rings is 1. The Morgan fingerprint density at radius 1 is 1.23 bits per heavy atom. The molecule has 7 heteroatoms. The van der Waals surface area contributed by atoms with Crippen LogP contribution in [0.5, 0.6) is 0 Å². The molecule has 2 aromatic heterocycles. The van der Waals surface area contributed by atoms with Gasteiger partial charge in [-0.15, -0.1) is 11.8 Å². The minimum absolute atomic E-state index is 0.0297. The molecule has 0 bridgehead atoms. The number of ether oxygens (including phenoxy) is 1. The van der Waals surface area contributed by atoms with E-state index in [9.17, 15) is 4.79 Å². The molecule has 0 amide bonds. The molecular formula is C19H22N4O2S. The van der Waals surface area contributed by atoms with Crippen molar-refractivity contribution < 1.29 is 9.53 Å². The van der Waals surface area contributed by atoms with Gasteiger partial charge in [-0.2, -0.15) is 0 Å². The van der Waals surface area contributed by atoms with Crippen LogP contribution in [0.4, 0.5) is 0 Å². The number of thioether (sulfide) groups is 1. The van der Waals surface area contributed by atoms with Crippen LogP contribution in [0.1, 0.15) is 31.4 Å². The number of hydrogen-bond donors (Lipinski definition) is 0. The summed E-state index contributed by atoms with van der Waals surface area (Å²) < 4.78 is 7.78. The van der Waals surface area contributed by atoms with Gasteiger partial charge in [0.15, 0.2) is 5.65 Å². The summed E-state index contributed by atoms with van der Waals surface area (Å²) in [6.07, 6.45) is 6.41. The molecule has 1 unspecified atom stereocenters. The van der Waals surface area contributed by atoms with Crippen molar-refractivity contribution in [3.8, 4) is 0 Å². The molecule has 3 aromatic rings. The molecule has 0 aliphatic carbocycles. The van der Waals surface area contributed by atoms with Crippen molar-refractivity contribution in [2.75, 3.05) is 12.9 Å². The largest absolute Gasteiger partial charge is 0.377 e. The van der Waals surface area contributed by atoms with Crippen molar-refractivity contribution in [1.82, 2.24) is 19.5 Å². The Labute approximate surface area is 157 Å². The second-order valence-corrected chi connectivity index (χ2v) is 6.89. The molecule has 0 spiro atoms. The van der Waals surface area contributed by atoms with Gasteiger partial charge in [-0.05, 0) is 25.2 Å². The fraction of sp³-hybridized carbons (Fsp3) is 0.368. The van der Waals surface area contributed by atoms with Gasteiger partial charge in [0.25, 0.3) is 0 Å². The van der Waals surface area contributed by atoms with Gasteiger partial charge in [0.1, 0.15) is 22.7 Å². The Hall–Kier alpha value is -2.25. The van der Waals surface area contributed by atoms with E-state index < -0.39 is 0 Å². The number of hydrogen-bond acceptors (Lipinski definition) is 6. The van der Waals surface area contributed by atoms with Crippen LogP contribution in [0, 0.1) is 0 Å². The lowest BCUT2D eigenvalue weighted by Gasteiger charge is -2.18. The number of imidazole rings is 1. The van der Waals surface area contributed by atoms with Gasteiger partial charge < -0.3 is 9.30 Å². The average molecular weight is 370 g/mol. The van der Waals surface area contributed by atoms with E-state index in [2.05, 4.69) is 15.0 Å². The van der Waals surface area contributed by atoms with Crippen molar-refractivity contribution in [3.05, 3.63) is 48.5 Å². The molecule has 6 nitrogen and oxygen atoms in total. The van der Waals surface area contributed by atoms with Crippen LogP contribution in [0.15, 0.2) is 48.0 Å². The van der Waals surface area contributed by atoms with Gasteiger partial charge in [0.2, 0.25) is 0 Å². The van der Waals surface area contributed by atoms with Crippen LogP contribution in [-0.4, -0.2) is 38.2 Å². The number of nitrogens with zero attached hydrogens (tertiary/aromatic N) is 4. The fourth-order valence-electron chi connectivity index (χ4n) is 2.90. The fourth-order valence-corrected chi connectivity index (χ4v) is 3.39. The monoisotopic (exact) mass is 370 g/mol. The average Bonchev–Trinajstić information content (AvgIpc) is 3.09. The quantitative estimate of drug-likeness (QED) is 0.325. The number of aromatic nitrogens is 4. The van der Waals surface area contributed by atoms with E-state index in [1.807, 2.05) is 41.2 Å². The Morgan fingerprint density at radius 3 is 2.77 bits per heavy atom. The molecule has 0 saturated carbocycles. The second kappa shape index (κ2) is 8.91. The summed E-state index contributed by atoms with van der Waals surface area (Å²) in [5.74, 6) is 0.138. The molecule has 0 fully saturated rings. The maximum Gasteiger partial charge on any atom is 0.164 e. The number of fused-ring (bicyclic) bond motifs is 1. The van der Waals surface area contributed by atoms with Crippen molar-refractivity contribution in [2.45, 2.75) is 37.4 Å². The highest BCUT2D eigenvalue weighted by atomic mass is 32.2. The van der Waals surface area contributed by atoms with Gasteiger partial charge in [0.05, 0.1) is 12.9 Å². The van der Waals surface area contributed by atoms with Crippen molar-refractivity contribution in [2.24, 2.45) is 0 Å². The zero-order valence-electron chi connectivity index (χ0n) is 15.0. The standard InChI is InChI=1S/C19H22N4O2S/c1-14(24)10-16(8-9-25-11-15-6-4-3-5-7-15)23-13-22-17-18(23)20-12-21-19(17)26-2/h3-7,12-13,16H,8-11H2,1-2H3. The van der Waals surface area contributed by atoms with E-state index in [4.69, 9.17) is 4.74 Å². The lowest BCUT2D eigenvalue weighted by atomic mass is 10.1. The maximum atomic E-state index is 11.8. The normalized spacial score (nSPS) is 12.4. The van der Waals surface area contributed by atoms with Crippen LogP contribution >= 0.6 is 11.8 Å². The van der Waals surface area contributed by atoms with E-state index in [-0.39, 0.29) is 11.8 Å². The van der Waals surface area contributed by atoms with Crippen molar-refractivity contribution in [3.63, 3.8) is 0 Å². The summed E-state index contributed by atoms with van der Waals surface area (Å²) in [5, 5.41) is 0.843. The molecule has 0 N–H and O–H groups in total. The van der Waals surface area contributed by atoms with Gasteiger partial charge in [-0.1, -0.05) is 30.3 Å². The van der Waals surface area contributed by atoms with E-state index in [0.717, 1.165) is 28.2 Å². The first-order valence-corrected chi connectivity index (χ1v) is 9.74. The lowest BCUT2D eigenvalue weighted by Crippen LogP contribution is -2.15. The Balaban J connectivity index is 1.71. The summed E-state index contributed by atoms with van der Waals surface area (Å²) >= 11 is 1.54. The molecule has 0 aliphatic heterocycles. The molecule has 136 valence electrons. The predicted octanol–water partition coefficient (Wildman–Crippen LogP) is 3.68. The number of Topliss-reactive ketones (excluding diaryl/α,β-unsaturated/α-hetero) is 1. The SMILES string of the molecule is CSc1ncnc2c1ncn2C(CCOCc1ccccc1)CC(C)=O. The minimum Gasteiger partial charge on any atom is -0.377 e. The highest BCUT2D eigenvalue weighted by Crippen LogP contribution is 2.26. The second-order valence-electron chi connectivity index (χ2n) is 6.09. The van der Waals surface area contributed by atoms with Gasteiger partial charge in [0, 0.05) is 19.1 Å². The summed E-state index contributed by atoms with van der Waals surface area (Å²) in [6.45, 7) is 2.74. The van der Waals surface area contributed by atoms with Gasteiger partial charge in [-0.25, -0.2) is 15.0 Å². The molecular weight excluding hydrogens is 348 g/mol. The van der Waals surface area contributed by atoms with E-state index in [1.165, 1.54) is 11.8 Å². The molecule has 1 aromatic carbocycles. The zero-order chi connectivity index (χ0) is 18.4. The molecule has 26 heavy (non-hydrogen) atoms. The smallest absolute Gasteiger partial charge is 0.164 e. The Morgan fingerprint density at radius 2 is 2.04 bits per heavy atom. The number of ketones is 1. The highest BCUT2D eigenvalue weighted by Gasteiger charge is 2.18. The summed E-state index contributed by atoms with van der Waals surface area (Å²) in [7, 11) is 0. The highest BCUT2D eigenvalue weighted by molar-refractivity contribution is 7.98. The van der Waals surface area contributed by atoms with E-state index in [0.29, 0.717) is 19.6 Å². The summed E-state index contributed by atoms with van der Waals surface area (Å²) in [6, 6.07) is 10.0. The molecule has 0 saturated heterocycles. The lowest BCUT2D eigenvalue weighted by molar-refractivity contribution is -0.117. The zero-order valence-corrected chi connectivity index (χ0v) is 15.8. The first-order chi connectivity index (χ1) is 12.7. The van der Waals surface area contributed by atoms with Crippen LogP contribution in [-0.2, 0) is 16.1 Å². The number of carbonyl (C=O) groups excluding carboxylic acids is 1. The summed E-state index contributed by atoms with van der Waals surface area (Å²) in [4.78, 5) is 24.8. The Kier molecular flexibility index (Phi) is 6.35. The summed E-state index contributed by atoms with van der Waals surface area (Å²) in [5.41, 5.74) is 2.68. The predicted molar refractivity (Wildman–Crippen MR) is 102 cm³/mol. The van der Waals surface area contributed by atoms with Gasteiger partial charge in [-0.3, -0.25) is 4.79 Å². The van der Waals surface area contributed by atoms with Crippen molar-refractivity contribution in [1.29, 1.82) is 0 Å². The van der Waals surface area contributed by atoms with Crippen LogP contribution in [0.2, 0.25) is 0 Å². The minimum atomic E-state index is -0.0297. The molecule has 0 aliphatic rings. The Bertz CT molecular complexity index is 866. The third kappa shape index (κ3) is 4.47. The maximum absolute atomic E-state index is 11.8. The third-order valence-electron chi connectivity index (χ3n) is 4.14. The molecule has 2 heterocycles. The molecule has 3 rings (SSSR count). The van der Waals surface area contributed by atoms with Crippen LogP contribution in [0.25, 0.3) is 11.2 Å². The van der Waals surface area contributed by atoms with Crippen LogP contribution < -0.4 is 0 Å². The van der Waals surface area contributed by atoms with Crippen molar-refractivity contribution >= 4 is 28.7 Å². The first kappa shape index (κ1) is 18.5. The third-order valence-corrected chi connectivity index (χ3v) is 4.83. The topological polar surface area (TPSA) is 69.9 Å². The first-order valence-electron chi connectivity index (χ1n) is 8.51. The number of rotatable bonds is 9. The molecule has 1 atom stereocenters. The number of carbonyl (C=O) groups is 1. The van der Waals surface area contributed by atoms with Gasteiger partial charge >= 0.3 is 0 Å². The van der Waals surface area contributed by atoms with E-state index >= 15 is 0 Å². The molecule has 0 radical (unpaired) electrons. The van der Waals surface area contributed by atoms with E-state index in [1.54, 1.807) is 19.6 Å².